The lowest BCUT2D eigenvalue weighted by Crippen LogP contribution is -2.53. The Balaban J connectivity index is 2.04. The summed E-state index contributed by atoms with van der Waals surface area (Å²) in [6, 6.07) is 0.0719. The van der Waals surface area contributed by atoms with E-state index >= 15 is 0 Å². The van der Waals surface area contributed by atoms with Gasteiger partial charge < -0.3 is 10.6 Å². The zero-order chi connectivity index (χ0) is 14.7. The third kappa shape index (κ3) is 3.72. The van der Waals surface area contributed by atoms with Crippen molar-refractivity contribution in [1.29, 1.82) is 0 Å². The van der Waals surface area contributed by atoms with Crippen molar-refractivity contribution in [2.75, 3.05) is 13.6 Å². The highest BCUT2D eigenvalue weighted by atomic mass is 16.2. The van der Waals surface area contributed by atoms with Gasteiger partial charge in [-0.1, -0.05) is 13.8 Å². The number of nitrogens with one attached hydrogen (secondary N) is 2. The first-order valence-corrected chi connectivity index (χ1v) is 7.80. The van der Waals surface area contributed by atoms with Crippen LogP contribution in [0.1, 0.15) is 46.0 Å². The number of likely N-dealkylation sites (N-methyl/N-ethyl adjacent to an activating group) is 1. The highest BCUT2D eigenvalue weighted by Crippen LogP contribution is 2.26. The fraction of sp³-hybridized carbons (Fsp3) is 0.867. The fourth-order valence-electron chi connectivity index (χ4n) is 2.97. The van der Waals surface area contributed by atoms with E-state index in [1.165, 1.54) is 0 Å². The average Bonchev–Trinajstić information content (AvgIpc) is 3.08. The van der Waals surface area contributed by atoms with Gasteiger partial charge in [0.1, 0.15) is 0 Å². The van der Waals surface area contributed by atoms with Gasteiger partial charge >= 0.3 is 0 Å². The van der Waals surface area contributed by atoms with Crippen LogP contribution in [0.25, 0.3) is 0 Å². The van der Waals surface area contributed by atoms with E-state index in [4.69, 9.17) is 0 Å². The van der Waals surface area contributed by atoms with Gasteiger partial charge in [0.05, 0.1) is 12.1 Å². The van der Waals surface area contributed by atoms with Gasteiger partial charge in [-0.2, -0.15) is 0 Å². The van der Waals surface area contributed by atoms with E-state index in [9.17, 15) is 9.59 Å². The molecule has 114 valence electrons. The van der Waals surface area contributed by atoms with Crippen LogP contribution < -0.4 is 10.6 Å². The predicted octanol–water partition coefficient (Wildman–Crippen LogP) is 0.890. The van der Waals surface area contributed by atoms with Gasteiger partial charge in [-0.3, -0.25) is 14.5 Å². The van der Waals surface area contributed by atoms with Crippen LogP contribution in [0, 0.1) is 5.92 Å². The quantitative estimate of drug-likeness (QED) is 0.760. The lowest BCUT2D eigenvalue weighted by Gasteiger charge is -2.32. The minimum atomic E-state index is -0.183. The monoisotopic (exact) mass is 281 g/mol. The minimum absolute atomic E-state index is 0.0322. The van der Waals surface area contributed by atoms with E-state index in [-0.39, 0.29) is 23.9 Å². The van der Waals surface area contributed by atoms with Crippen LogP contribution in [-0.4, -0.2) is 48.4 Å². The zero-order valence-electron chi connectivity index (χ0n) is 12.8. The van der Waals surface area contributed by atoms with Crippen LogP contribution in [0.2, 0.25) is 0 Å². The molecule has 1 saturated carbocycles. The normalized spacial score (nSPS) is 24.7. The Morgan fingerprint density at radius 2 is 1.95 bits per heavy atom. The largest absolute Gasteiger partial charge is 0.358 e. The molecule has 2 fully saturated rings. The molecular formula is C15H27N3O2. The second-order valence-corrected chi connectivity index (χ2v) is 6.44. The first-order chi connectivity index (χ1) is 9.52. The van der Waals surface area contributed by atoms with E-state index in [0.29, 0.717) is 12.0 Å². The molecule has 2 atom stereocenters. The standard InChI is InChI=1S/C15H27N3O2/c1-10(2)9-13(14(19)16-3)18-8-4-5-12(18)15(20)17-11-6-7-11/h10-13H,4-9H2,1-3H3,(H,16,19)(H,17,20)/t12-,13+/m0/s1. The van der Waals surface area contributed by atoms with Crippen LogP contribution in [0.15, 0.2) is 0 Å². The van der Waals surface area contributed by atoms with Crippen molar-refractivity contribution >= 4 is 11.8 Å². The molecule has 0 bridgehead atoms. The molecule has 1 aliphatic carbocycles. The van der Waals surface area contributed by atoms with Crippen molar-refractivity contribution in [2.24, 2.45) is 5.92 Å². The number of nitrogens with zero attached hydrogens (tertiary/aromatic N) is 1. The maximum Gasteiger partial charge on any atom is 0.237 e. The van der Waals surface area contributed by atoms with Crippen LogP contribution in [-0.2, 0) is 9.59 Å². The number of hydrogen-bond donors (Lipinski definition) is 2. The van der Waals surface area contributed by atoms with Gasteiger partial charge in [-0.25, -0.2) is 0 Å². The summed E-state index contributed by atoms with van der Waals surface area (Å²) < 4.78 is 0. The van der Waals surface area contributed by atoms with Crippen molar-refractivity contribution in [3.8, 4) is 0 Å². The SMILES string of the molecule is CNC(=O)[C@@H](CC(C)C)N1CCC[C@H]1C(=O)NC1CC1. The minimum Gasteiger partial charge on any atom is -0.358 e. The first kappa shape index (κ1) is 15.3. The second kappa shape index (κ2) is 6.57. The third-order valence-corrected chi connectivity index (χ3v) is 4.16. The topological polar surface area (TPSA) is 61.4 Å². The molecule has 0 aromatic rings. The molecule has 5 nitrogen and oxygen atoms in total. The van der Waals surface area contributed by atoms with E-state index in [2.05, 4.69) is 29.4 Å². The van der Waals surface area contributed by atoms with Crippen LogP contribution in [0.5, 0.6) is 0 Å². The van der Waals surface area contributed by atoms with Crippen molar-refractivity contribution in [3.05, 3.63) is 0 Å². The molecular weight excluding hydrogens is 254 g/mol. The molecule has 1 heterocycles. The fourth-order valence-corrected chi connectivity index (χ4v) is 2.97. The van der Waals surface area contributed by atoms with Crippen molar-refractivity contribution in [2.45, 2.75) is 64.1 Å². The van der Waals surface area contributed by atoms with Crippen molar-refractivity contribution in [3.63, 3.8) is 0 Å². The molecule has 2 N–H and O–H groups in total. The van der Waals surface area contributed by atoms with Crippen molar-refractivity contribution in [1.82, 2.24) is 15.5 Å². The summed E-state index contributed by atoms with van der Waals surface area (Å²) in [5.74, 6) is 0.581. The molecule has 20 heavy (non-hydrogen) atoms. The summed E-state index contributed by atoms with van der Waals surface area (Å²) >= 11 is 0. The first-order valence-electron chi connectivity index (χ1n) is 7.80. The number of rotatable bonds is 6. The lowest BCUT2D eigenvalue weighted by atomic mass is 10.0. The molecule has 0 aromatic heterocycles. The summed E-state index contributed by atoms with van der Waals surface area (Å²) in [4.78, 5) is 26.6. The number of likely N-dealkylation sites (tertiary alicyclic amines) is 1. The summed E-state index contributed by atoms with van der Waals surface area (Å²) in [5, 5.41) is 5.83. The Hall–Kier alpha value is -1.10. The number of amides is 2. The van der Waals surface area contributed by atoms with E-state index in [1.54, 1.807) is 7.05 Å². The Morgan fingerprint density at radius 1 is 1.25 bits per heavy atom. The van der Waals surface area contributed by atoms with Crippen LogP contribution >= 0.6 is 0 Å². The van der Waals surface area contributed by atoms with E-state index in [1.807, 2.05) is 0 Å². The molecule has 2 rings (SSSR count). The van der Waals surface area contributed by atoms with Gasteiger partial charge in [0.2, 0.25) is 11.8 Å². The average molecular weight is 281 g/mol. The molecule has 1 saturated heterocycles. The predicted molar refractivity (Wildman–Crippen MR) is 78.2 cm³/mol. The Labute approximate surface area is 121 Å². The highest BCUT2D eigenvalue weighted by molar-refractivity contribution is 5.85. The van der Waals surface area contributed by atoms with Crippen molar-refractivity contribution < 1.29 is 9.59 Å². The molecule has 2 aliphatic rings. The molecule has 2 amide bonds. The van der Waals surface area contributed by atoms with E-state index < -0.39 is 0 Å². The third-order valence-electron chi connectivity index (χ3n) is 4.16. The highest BCUT2D eigenvalue weighted by Gasteiger charge is 2.39. The van der Waals surface area contributed by atoms with Crippen LogP contribution in [0.3, 0.4) is 0 Å². The van der Waals surface area contributed by atoms with Gasteiger partial charge in [0.15, 0.2) is 0 Å². The smallest absolute Gasteiger partial charge is 0.237 e. The maximum absolute atomic E-state index is 12.3. The molecule has 0 unspecified atom stereocenters. The molecule has 0 aromatic carbocycles. The summed E-state index contributed by atoms with van der Waals surface area (Å²) in [6.45, 7) is 5.07. The van der Waals surface area contributed by atoms with Gasteiger partial charge in [0.25, 0.3) is 0 Å². The molecule has 0 spiro atoms. The summed E-state index contributed by atoms with van der Waals surface area (Å²) in [5.41, 5.74) is 0. The summed E-state index contributed by atoms with van der Waals surface area (Å²) in [6.07, 6.45) is 4.86. The van der Waals surface area contributed by atoms with Gasteiger partial charge in [0, 0.05) is 13.1 Å². The molecule has 1 aliphatic heterocycles. The Morgan fingerprint density at radius 3 is 2.50 bits per heavy atom. The molecule has 5 heteroatoms. The maximum atomic E-state index is 12.3. The summed E-state index contributed by atoms with van der Waals surface area (Å²) in [7, 11) is 1.67. The Kier molecular flexibility index (Phi) is 5.02. The van der Waals surface area contributed by atoms with Crippen LogP contribution in [0.4, 0.5) is 0 Å². The number of carbonyl (C=O) groups excluding carboxylic acids is 2. The lowest BCUT2D eigenvalue weighted by molar-refractivity contribution is -0.131. The van der Waals surface area contributed by atoms with E-state index in [0.717, 1.165) is 38.6 Å². The second-order valence-electron chi connectivity index (χ2n) is 6.44. The molecule has 0 radical (unpaired) electrons. The number of hydrogen-bond acceptors (Lipinski definition) is 3. The van der Waals surface area contributed by atoms with Gasteiger partial charge in [-0.05, 0) is 44.6 Å². The number of carbonyl (C=O) groups is 2. The Bertz CT molecular complexity index is 366. The zero-order valence-corrected chi connectivity index (χ0v) is 12.8. The van der Waals surface area contributed by atoms with Gasteiger partial charge in [-0.15, -0.1) is 0 Å².